The topological polar surface area (TPSA) is 67.7 Å². The summed E-state index contributed by atoms with van der Waals surface area (Å²) in [6, 6.07) is 21.4. The van der Waals surface area contributed by atoms with Crippen LogP contribution in [-0.2, 0) is 20.0 Å². The fourth-order valence-corrected chi connectivity index (χ4v) is 4.63. The van der Waals surface area contributed by atoms with E-state index in [1.165, 1.54) is 11.1 Å². The van der Waals surface area contributed by atoms with Crippen LogP contribution in [0.15, 0.2) is 83.9 Å². The predicted octanol–water partition coefficient (Wildman–Crippen LogP) is 4.93. The zero-order chi connectivity index (χ0) is 27.6. The average molecular weight is 527 g/mol. The smallest absolute Gasteiger partial charge is 0.253 e. The monoisotopic (exact) mass is 526 g/mol. The molecule has 0 saturated carbocycles. The van der Waals surface area contributed by atoms with Crippen LogP contribution in [0, 0.1) is 0 Å². The molecule has 4 rings (SSSR count). The first-order chi connectivity index (χ1) is 18.9. The largest absolute Gasteiger partial charge is 0.494 e. The second-order valence-electron chi connectivity index (χ2n) is 10.1. The second kappa shape index (κ2) is 13.7. The fraction of sp³-hybridized carbons (Fsp3) is 0.344. The summed E-state index contributed by atoms with van der Waals surface area (Å²) >= 11 is 0. The lowest BCUT2D eigenvalue weighted by atomic mass is 10.1. The van der Waals surface area contributed by atoms with E-state index in [-0.39, 0.29) is 11.5 Å². The molecule has 0 aliphatic carbocycles. The van der Waals surface area contributed by atoms with Crippen molar-refractivity contribution in [2.24, 2.45) is 7.05 Å². The summed E-state index contributed by atoms with van der Waals surface area (Å²) in [6.45, 7) is 3.43. The van der Waals surface area contributed by atoms with Crippen molar-refractivity contribution in [2.45, 2.75) is 32.2 Å². The van der Waals surface area contributed by atoms with Gasteiger partial charge in [-0.2, -0.15) is 0 Å². The highest BCUT2D eigenvalue weighted by Crippen LogP contribution is 2.20. The molecule has 0 N–H and O–H groups in total. The molecule has 0 aliphatic rings. The van der Waals surface area contributed by atoms with Gasteiger partial charge in [-0.05, 0) is 85.8 Å². The van der Waals surface area contributed by atoms with Crippen LogP contribution >= 0.6 is 0 Å². The number of rotatable bonds is 13. The van der Waals surface area contributed by atoms with Crippen molar-refractivity contribution in [2.75, 3.05) is 33.8 Å². The number of pyridine rings is 2. The number of nitrogens with zero attached hydrogens (tertiary/aromatic N) is 4. The Morgan fingerprint density at radius 3 is 2.49 bits per heavy atom. The van der Waals surface area contributed by atoms with Crippen LogP contribution in [-0.4, -0.2) is 59.0 Å². The van der Waals surface area contributed by atoms with Gasteiger partial charge < -0.3 is 14.2 Å². The number of benzene rings is 2. The van der Waals surface area contributed by atoms with Crippen LogP contribution < -0.4 is 10.3 Å². The summed E-state index contributed by atoms with van der Waals surface area (Å²) in [5.74, 6) is 0.849. The number of fused-ring (bicyclic) bond motifs is 1. The quantitative estimate of drug-likeness (QED) is 0.231. The third kappa shape index (κ3) is 8.01. The number of carbonyl (C=O) groups is 1. The van der Waals surface area contributed by atoms with E-state index in [4.69, 9.17) is 4.74 Å². The lowest BCUT2D eigenvalue weighted by Gasteiger charge is -2.23. The molecule has 2 aromatic heterocycles. The maximum atomic E-state index is 12.2. The van der Waals surface area contributed by atoms with Crippen LogP contribution in [0.2, 0.25) is 0 Å². The van der Waals surface area contributed by atoms with Gasteiger partial charge in [-0.25, -0.2) is 0 Å². The summed E-state index contributed by atoms with van der Waals surface area (Å²) in [5.41, 5.74) is 4.04. The third-order valence-corrected chi connectivity index (χ3v) is 6.94. The van der Waals surface area contributed by atoms with E-state index < -0.39 is 0 Å². The highest BCUT2D eigenvalue weighted by atomic mass is 16.5. The molecule has 0 fully saturated rings. The van der Waals surface area contributed by atoms with E-state index in [0.29, 0.717) is 12.2 Å². The first kappa shape index (κ1) is 28.0. The highest BCUT2D eigenvalue weighted by Gasteiger charge is 2.10. The Morgan fingerprint density at radius 2 is 1.74 bits per heavy atom. The van der Waals surface area contributed by atoms with Crippen LogP contribution in [0.5, 0.6) is 5.75 Å². The number of hydrogen-bond acceptors (Lipinski definition) is 5. The molecular weight excluding hydrogens is 488 g/mol. The lowest BCUT2D eigenvalue weighted by Crippen LogP contribution is -2.27. The van der Waals surface area contributed by atoms with Crippen LogP contribution in [0.3, 0.4) is 0 Å². The van der Waals surface area contributed by atoms with Crippen molar-refractivity contribution < 1.29 is 9.53 Å². The van der Waals surface area contributed by atoms with Crippen molar-refractivity contribution >= 4 is 16.8 Å². The minimum absolute atomic E-state index is 0.0120. The van der Waals surface area contributed by atoms with Gasteiger partial charge >= 0.3 is 0 Å². The Bertz CT molecular complexity index is 1420. The maximum Gasteiger partial charge on any atom is 0.253 e. The van der Waals surface area contributed by atoms with Gasteiger partial charge in [0.1, 0.15) is 5.75 Å². The predicted molar refractivity (Wildman–Crippen MR) is 156 cm³/mol. The Balaban J connectivity index is 1.27. The molecule has 0 saturated heterocycles. The van der Waals surface area contributed by atoms with Gasteiger partial charge in [0.05, 0.1) is 12.1 Å². The van der Waals surface area contributed by atoms with Crippen LogP contribution in [0.4, 0.5) is 0 Å². The van der Waals surface area contributed by atoms with Crippen molar-refractivity contribution in [1.29, 1.82) is 0 Å². The van der Waals surface area contributed by atoms with E-state index in [2.05, 4.69) is 28.1 Å². The molecule has 2 aromatic carbocycles. The molecular formula is C32H38N4O3. The number of amides is 1. The summed E-state index contributed by atoms with van der Waals surface area (Å²) < 4.78 is 7.65. The number of hydrogen-bond donors (Lipinski definition) is 0. The molecule has 1 amide bonds. The SMILES string of the molecule is CN(C)C(=O)c1ccc(CN(CCCCCOc2ccc3c(ccc(=O)n3C)c2)CCc2cccnc2)cc1. The summed E-state index contributed by atoms with van der Waals surface area (Å²) in [5, 5.41) is 0.998. The van der Waals surface area contributed by atoms with E-state index in [9.17, 15) is 9.59 Å². The Morgan fingerprint density at radius 1 is 0.923 bits per heavy atom. The van der Waals surface area contributed by atoms with Crippen molar-refractivity contribution in [3.05, 3.63) is 106 Å². The Labute approximate surface area is 230 Å². The standard InChI is InChI=1S/C32H38N4O3/c1-34(2)32(38)27-11-9-26(10-12-27)24-36(20-17-25-8-7-18-33-23-25)19-5-4-6-21-39-29-14-15-30-28(22-29)13-16-31(37)35(30)3/h7-16,18,22-23H,4-6,17,19-21,24H2,1-3H3. The molecule has 7 heteroatoms. The molecule has 39 heavy (non-hydrogen) atoms. The number of aryl methyl sites for hydroxylation is 1. The van der Waals surface area contributed by atoms with Gasteiger partial charge in [-0.15, -0.1) is 0 Å². The second-order valence-corrected chi connectivity index (χ2v) is 10.1. The van der Waals surface area contributed by atoms with E-state index >= 15 is 0 Å². The minimum atomic E-state index is -0.0120. The van der Waals surface area contributed by atoms with Crippen molar-refractivity contribution in [3.8, 4) is 5.75 Å². The zero-order valence-electron chi connectivity index (χ0n) is 23.2. The van der Waals surface area contributed by atoms with Gasteiger partial charge in [0.15, 0.2) is 0 Å². The Hall–Kier alpha value is -3.97. The molecule has 0 unspecified atom stereocenters. The highest BCUT2D eigenvalue weighted by molar-refractivity contribution is 5.93. The molecule has 4 aromatic rings. The van der Waals surface area contributed by atoms with E-state index in [1.54, 1.807) is 42.9 Å². The fourth-order valence-electron chi connectivity index (χ4n) is 4.63. The number of ether oxygens (including phenoxy) is 1. The Kier molecular flexibility index (Phi) is 9.86. The van der Waals surface area contributed by atoms with Crippen molar-refractivity contribution in [1.82, 2.24) is 19.4 Å². The van der Waals surface area contributed by atoms with Gasteiger partial charge in [0.2, 0.25) is 0 Å². The van der Waals surface area contributed by atoms with Crippen LogP contribution in [0.25, 0.3) is 10.9 Å². The summed E-state index contributed by atoms with van der Waals surface area (Å²) in [7, 11) is 5.33. The molecule has 0 aliphatic heterocycles. The van der Waals surface area contributed by atoms with Gasteiger partial charge in [-0.1, -0.05) is 18.2 Å². The van der Waals surface area contributed by atoms with E-state index in [0.717, 1.165) is 62.0 Å². The zero-order valence-corrected chi connectivity index (χ0v) is 23.2. The summed E-state index contributed by atoms with van der Waals surface area (Å²) in [4.78, 5) is 32.4. The van der Waals surface area contributed by atoms with Crippen molar-refractivity contribution in [3.63, 3.8) is 0 Å². The molecule has 0 bridgehead atoms. The first-order valence-corrected chi connectivity index (χ1v) is 13.5. The average Bonchev–Trinajstić information content (AvgIpc) is 2.96. The van der Waals surface area contributed by atoms with Gasteiger partial charge in [0.25, 0.3) is 11.5 Å². The molecule has 0 spiro atoms. The number of carbonyl (C=O) groups excluding carboxylic acids is 1. The molecule has 7 nitrogen and oxygen atoms in total. The molecule has 0 atom stereocenters. The normalized spacial score (nSPS) is 11.2. The van der Waals surface area contributed by atoms with Gasteiger partial charge in [-0.3, -0.25) is 19.5 Å². The molecule has 2 heterocycles. The third-order valence-electron chi connectivity index (χ3n) is 6.94. The minimum Gasteiger partial charge on any atom is -0.494 e. The maximum absolute atomic E-state index is 12.2. The van der Waals surface area contributed by atoms with Crippen LogP contribution in [0.1, 0.15) is 40.7 Å². The molecule has 204 valence electrons. The van der Waals surface area contributed by atoms with E-state index in [1.807, 2.05) is 48.7 Å². The van der Waals surface area contributed by atoms with Gasteiger partial charge in [0, 0.05) is 63.6 Å². The first-order valence-electron chi connectivity index (χ1n) is 13.5. The molecule has 0 radical (unpaired) electrons. The number of unbranched alkanes of at least 4 members (excludes halogenated alkanes) is 2. The summed E-state index contributed by atoms with van der Waals surface area (Å²) in [6.07, 6.45) is 7.81. The number of aromatic nitrogens is 2. The lowest BCUT2D eigenvalue weighted by molar-refractivity contribution is 0.0827.